The fraction of sp³-hybridized carbons (Fsp3) is 0.308. The molecule has 1 atom stereocenters. The number of benzene rings is 2. The van der Waals surface area contributed by atoms with Gasteiger partial charge in [0.1, 0.15) is 11.9 Å². The van der Waals surface area contributed by atoms with Crippen molar-refractivity contribution in [1.82, 2.24) is 9.38 Å². The van der Waals surface area contributed by atoms with Crippen LogP contribution < -0.4 is 5.32 Å². The van der Waals surface area contributed by atoms with E-state index in [1.54, 1.807) is 0 Å². The van der Waals surface area contributed by atoms with Crippen molar-refractivity contribution in [3.05, 3.63) is 76.9 Å². The summed E-state index contributed by atoms with van der Waals surface area (Å²) in [5.41, 5.74) is 6.80. The summed E-state index contributed by atoms with van der Waals surface area (Å²) in [4.78, 5) is 4.82. The molecule has 4 aromatic rings. The molecule has 0 saturated heterocycles. The lowest BCUT2D eigenvalue weighted by Crippen LogP contribution is -2.15. The van der Waals surface area contributed by atoms with Crippen LogP contribution in [0.4, 0.5) is 5.82 Å². The molecule has 4 heteroatoms. The van der Waals surface area contributed by atoms with Gasteiger partial charge in [0.05, 0.1) is 16.6 Å². The quantitative estimate of drug-likeness (QED) is 0.408. The van der Waals surface area contributed by atoms with Crippen LogP contribution >= 0.6 is 0 Å². The highest BCUT2D eigenvalue weighted by atomic mass is 15.1. The van der Waals surface area contributed by atoms with E-state index in [2.05, 4.69) is 73.8 Å². The van der Waals surface area contributed by atoms with Gasteiger partial charge in [0.2, 0.25) is 0 Å². The van der Waals surface area contributed by atoms with E-state index in [0.717, 1.165) is 40.9 Å². The lowest BCUT2D eigenvalue weighted by Gasteiger charge is -2.23. The molecular weight excluding hydrogens is 368 g/mol. The van der Waals surface area contributed by atoms with Gasteiger partial charge in [-0.25, -0.2) is 4.98 Å². The molecule has 2 aromatic carbocycles. The molecule has 0 radical (unpaired) electrons. The maximum atomic E-state index is 9.97. The van der Waals surface area contributed by atoms with Crippen molar-refractivity contribution in [2.45, 2.75) is 46.6 Å². The molecule has 152 valence electrons. The van der Waals surface area contributed by atoms with Crippen molar-refractivity contribution in [2.75, 3.05) is 5.32 Å². The fourth-order valence-corrected chi connectivity index (χ4v) is 4.11. The lowest BCUT2D eigenvalue weighted by atomic mass is 9.96. The summed E-state index contributed by atoms with van der Waals surface area (Å²) < 4.78 is 2.15. The van der Waals surface area contributed by atoms with E-state index >= 15 is 0 Å². The van der Waals surface area contributed by atoms with Gasteiger partial charge in [-0.2, -0.15) is 5.26 Å². The topological polar surface area (TPSA) is 53.1 Å². The van der Waals surface area contributed by atoms with E-state index in [9.17, 15) is 5.26 Å². The first-order chi connectivity index (χ1) is 14.5. The van der Waals surface area contributed by atoms with Gasteiger partial charge in [-0.05, 0) is 61.4 Å². The zero-order chi connectivity index (χ0) is 21.3. The van der Waals surface area contributed by atoms with Crippen LogP contribution in [0.3, 0.4) is 0 Å². The molecular formula is C26H28N4. The van der Waals surface area contributed by atoms with E-state index in [1.165, 1.54) is 11.1 Å². The largest absolute Gasteiger partial charge is 0.364 e. The Hall–Kier alpha value is -3.32. The molecule has 2 aromatic heterocycles. The Labute approximate surface area is 178 Å². The van der Waals surface area contributed by atoms with Crippen LogP contribution in [0, 0.1) is 24.2 Å². The van der Waals surface area contributed by atoms with Crippen LogP contribution in [-0.4, -0.2) is 9.38 Å². The van der Waals surface area contributed by atoms with Crippen molar-refractivity contribution >= 4 is 22.5 Å². The van der Waals surface area contributed by atoms with Gasteiger partial charge in [0, 0.05) is 6.04 Å². The van der Waals surface area contributed by atoms with Crippen LogP contribution in [0.2, 0.25) is 0 Å². The van der Waals surface area contributed by atoms with Crippen LogP contribution in [-0.2, 0) is 6.42 Å². The number of nitrogens with one attached hydrogen (secondary N) is 1. The molecule has 30 heavy (non-hydrogen) atoms. The number of fused-ring (bicyclic) bond motifs is 3. The van der Waals surface area contributed by atoms with Gasteiger partial charge in [0.15, 0.2) is 5.65 Å². The molecule has 0 aliphatic carbocycles. The van der Waals surface area contributed by atoms with Crippen molar-refractivity contribution in [1.29, 1.82) is 5.26 Å². The number of imidazole rings is 1. The highest BCUT2D eigenvalue weighted by molar-refractivity contribution is 5.86. The van der Waals surface area contributed by atoms with Crippen molar-refractivity contribution < 1.29 is 0 Å². The van der Waals surface area contributed by atoms with Gasteiger partial charge >= 0.3 is 0 Å². The minimum atomic E-state index is 0.126. The molecule has 0 fully saturated rings. The Morgan fingerprint density at radius 1 is 1.03 bits per heavy atom. The van der Waals surface area contributed by atoms with Crippen LogP contribution in [0.5, 0.6) is 0 Å². The third-order valence-corrected chi connectivity index (χ3v) is 5.86. The Morgan fingerprint density at radius 3 is 2.43 bits per heavy atom. The van der Waals surface area contributed by atoms with E-state index in [0.29, 0.717) is 11.5 Å². The van der Waals surface area contributed by atoms with Gasteiger partial charge in [-0.1, -0.05) is 56.3 Å². The molecule has 0 saturated carbocycles. The van der Waals surface area contributed by atoms with E-state index < -0.39 is 0 Å². The molecule has 0 aliphatic heterocycles. The summed E-state index contributed by atoms with van der Waals surface area (Å²) in [5.74, 6) is 1.64. The standard InChI is InChI=1S/C26H28N4/c1-17(2)14-15-21-18(3)22(16-27)26-29-23-12-8-9-13-24(23)30(26)25(21)28-19(4)20-10-6-5-7-11-20/h5-13,17,19,28H,14-15H2,1-4H3/t19-/m1/s1. The molecule has 4 nitrogen and oxygen atoms in total. The third-order valence-electron chi connectivity index (χ3n) is 5.86. The molecule has 0 bridgehead atoms. The first-order valence-electron chi connectivity index (χ1n) is 10.7. The highest BCUT2D eigenvalue weighted by Crippen LogP contribution is 2.34. The lowest BCUT2D eigenvalue weighted by molar-refractivity contribution is 0.585. The van der Waals surface area contributed by atoms with Gasteiger partial charge in [-0.3, -0.25) is 4.40 Å². The molecule has 0 amide bonds. The minimum Gasteiger partial charge on any atom is -0.364 e. The maximum absolute atomic E-state index is 9.97. The number of aromatic nitrogens is 2. The average Bonchev–Trinajstić information content (AvgIpc) is 3.13. The second-order valence-corrected chi connectivity index (χ2v) is 8.41. The molecule has 0 aliphatic rings. The predicted octanol–water partition coefficient (Wildman–Crippen LogP) is 6.43. The Balaban J connectivity index is 1.98. The predicted molar refractivity (Wildman–Crippen MR) is 124 cm³/mol. The van der Waals surface area contributed by atoms with Gasteiger partial charge in [-0.15, -0.1) is 0 Å². The number of anilines is 1. The zero-order valence-electron chi connectivity index (χ0n) is 18.1. The monoisotopic (exact) mass is 396 g/mol. The summed E-state index contributed by atoms with van der Waals surface area (Å²) in [6, 6.07) is 21.1. The third kappa shape index (κ3) is 3.52. The van der Waals surface area contributed by atoms with Crippen molar-refractivity contribution in [2.24, 2.45) is 5.92 Å². The van der Waals surface area contributed by atoms with Gasteiger partial charge in [0.25, 0.3) is 0 Å². The molecule has 4 rings (SSSR count). The number of nitrogens with zero attached hydrogens (tertiary/aromatic N) is 3. The Morgan fingerprint density at radius 2 is 1.73 bits per heavy atom. The summed E-state index contributed by atoms with van der Waals surface area (Å²) in [7, 11) is 0. The van der Waals surface area contributed by atoms with Crippen LogP contribution in [0.15, 0.2) is 54.6 Å². The Bertz CT molecular complexity index is 1230. The second-order valence-electron chi connectivity index (χ2n) is 8.41. The van der Waals surface area contributed by atoms with E-state index in [-0.39, 0.29) is 6.04 Å². The number of hydrogen-bond acceptors (Lipinski definition) is 3. The summed E-state index contributed by atoms with van der Waals surface area (Å²) in [5, 5.41) is 13.7. The first-order valence-corrected chi connectivity index (χ1v) is 10.7. The van der Waals surface area contributed by atoms with Gasteiger partial charge < -0.3 is 5.32 Å². The Kier molecular flexibility index (Phi) is 5.46. The smallest absolute Gasteiger partial charge is 0.157 e. The summed E-state index contributed by atoms with van der Waals surface area (Å²) in [6.07, 6.45) is 1.99. The molecule has 2 heterocycles. The number of hydrogen-bond donors (Lipinski definition) is 1. The maximum Gasteiger partial charge on any atom is 0.157 e. The normalized spacial score (nSPS) is 12.4. The number of rotatable bonds is 6. The number of pyridine rings is 1. The second kappa shape index (κ2) is 8.20. The molecule has 0 spiro atoms. The summed E-state index contributed by atoms with van der Waals surface area (Å²) in [6.45, 7) is 8.72. The summed E-state index contributed by atoms with van der Waals surface area (Å²) >= 11 is 0. The van der Waals surface area contributed by atoms with E-state index in [1.807, 2.05) is 24.3 Å². The fourth-order valence-electron chi connectivity index (χ4n) is 4.11. The molecule has 0 unspecified atom stereocenters. The molecule has 1 N–H and O–H groups in total. The van der Waals surface area contributed by atoms with Crippen LogP contribution in [0.1, 0.15) is 55.5 Å². The first kappa shape index (κ1) is 20.0. The zero-order valence-corrected chi connectivity index (χ0v) is 18.1. The highest BCUT2D eigenvalue weighted by Gasteiger charge is 2.22. The van der Waals surface area contributed by atoms with Crippen LogP contribution in [0.25, 0.3) is 16.7 Å². The SMILES string of the molecule is Cc1c(CCC(C)C)c(N[C@H](C)c2ccccc2)n2c(nc3ccccc32)c1C#N. The minimum absolute atomic E-state index is 0.126. The average molecular weight is 397 g/mol. The van der Waals surface area contributed by atoms with E-state index in [4.69, 9.17) is 4.98 Å². The number of nitriles is 1. The van der Waals surface area contributed by atoms with Crippen molar-refractivity contribution in [3.63, 3.8) is 0 Å². The van der Waals surface area contributed by atoms with Crippen molar-refractivity contribution in [3.8, 4) is 6.07 Å². The number of para-hydroxylation sites is 2.